The SMILES string of the molecule is COc1ccccc1-c1cc(OC(=O)NCCc2ccc(C)cc2)cc(-n2cnnn2)c1. The van der Waals surface area contributed by atoms with Gasteiger partial charge in [0.15, 0.2) is 0 Å². The molecule has 0 radical (unpaired) electrons. The Labute approximate surface area is 185 Å². The number of para-hydroxylation sites is 1. The van der Waals surface area contributed by atoms with Gasteiger partial charge in [-0.25, -0.2) is 9.48 Å². The first-order chi connectivity index (χ1) is 15.6. The highest BCUT2D eigenvalue weighted by Crippen LogP contribution is 2.33. The molecule has 0 aliphatic carbocycles. The van der Waals surface area contributed by atoms with E-state index in [0.717, 1.165) is 16.7 Å². The molecule has 8 nitrogen and oxygen atoms in total. The molecule has 1 heterocycles. The number of aromatic nitrogens is 4. The second-order valence-electron chi connectivity index (χ2n) is 7.22. The Bertz CT molecular complexity index is 1190. The fourth-order valence-electron chi connectivity index (χ4n) is 3.30. The van der Waals surface area contributed by atoms with E-state index < -0.39 is 6.09 Å². The molecule has 0 aliphatic rings. The van der Waals surface area contributed by atoms with E-state index in [4.69, 9.17) is 9.47 Å². The first-order valence-corrected chi connectivity index (χ1v) is 10.2. The number of tetrazole rings is 1. The van der Waals surface area contributed by atoms with Crippen molar-refractivity contribution in [2.24, 2.45) is 0 Å². The average Bonchev–Trinajstić information content (AvgIpc) is 3.35. The lowest BCUT2D eigenvalue weighted by Crippen LogP contribution is -2.28. The quantitative estimate of drug-likeness (QED) is 0.478. The maximum absolute atomic E-state index is 12.4. The maximum atomic E-state index is 12.4. The monoisotopic (exact) mass is 429 g/mol. The van der Waals surface area contributed by atoms with Gasteiger partial charge in [-0.15, -0.1) is 5.10 Å². The van der Waals surface area contributed by atoms with Gasteiger partial charge in [0, 0.05) is 18.2 Å². The molecule has 0 unspecified atom stereocenters. The van der Waals surface area contributed by atoms with Crippen LogP contribution in [0.1, 0.15) is 11.1 Å². The Morgan fingerprint density at radius 1 is 1.06 bits per heavy atom. The van der Waals surface area contributed by atoms with Crippen molar-refractivity contribution in [3.8, 4) is 28.3 Å². The first-order valence-electron chi connectivity index (χ1n) is 10.2. The van der Waals surface area contributed by atoms with Crippen LogP contribution in [0.5, 0.6) is 11.5 Å². The highest BCUT2D eigenvalue weighted by Gasteiger charge is 2.13. The van der Waals surface area contributed by atoms with Crippen LogP contribution in [-0.4, -0.2) is 40.0 Å². The van der Waals surface area contributed by atoms with Gasteiger partial charge >= 0.3 is 6.09 Å². The number of methoxy groups -OCH3 is 1. The zero-order valence-electron chi connectivity index (χ0n) is 17.9. The number of aryl methyl sites for hydroxylation is 1. The number of rotatable bonds is 7. The summed E-state index contributed by atoms with van der Waals surface area (Å²) in [4.78, 5) is 12.4. The number of nitrogens with one attached hydrogen (secondary N) is 1. The number of benzene rings is 3. The molecule has 0 saturated carbocycles. The van der Waals surface area contributed by atoms with Crippen LogP contribution in [0, 0.1) is 6.92 Å². The first kappa shape index (κ1) is 21.0. The molecule has 3 aromatic carbocycles. The second-order valence-corrected chi connectivity index (χ2v) is 7.22. The third-order valence-corrected chi connectivity index (χ3v) is 4.94. The third-order valence-electron chi connectivity index (χ3n) is 4.94. The van der Waals surface area contributed by atoms with E-state index in [1.54, 1.807) is 19.2 Å². The van der Waals surface area contributed by atoms with Gasteiger partial charge in [-0.3, -0.25) is 0 Å². The van der Waals surface area contributed by atoms with Crippen molar-refractivity contribution in [3.05, 3.63) is 84.2 Å². The third kappa shape index (κ3) is 5.10. The summed E-state index contributed by atoms with van der Waals surface area (Å²) in [5.74, 6) is 1.07. The molecular formula is C24H23N5O3. The molecule has 32 heavy (non-hydrogen) atoms. The fourth-order valence-corrected chi connectivity index (χ4v) is 3.30. The van der Waals surface area contributed by atoms with E-state index in [1.165, 1.54) is 16.6 Å². The van der Waals surface area contributed by atoms with Gasteiger partial charge in [-0.2, -0.15) is 0 Å². The van der Waals surface area contributed by atoms with Crippen LogP contribution in [0.4, 0.5) is 4.79 Å². The topological polar surface area (TPSA) is 91.2 Å². The van der Waals surface area contributed by atoms with Gasteiger partial charge in [0.1, 0.15) is 17.8 Å². The zero-order valence-corrected chi connectivity index (χ0v) is 17.9. The molecule has 1 amide bonds. The van der Waals surface area contributed by atoms with Crippen LogP contribution < -0.4 is 14.8 Å². The summed E-state index contributed by atoms with van der Waals surface area (Å²) in [6.07, 6.45) is 1.66. The maximum Gasteiger partial charge on any atom is 0.412 e. The molecule has 1 aromatic heterocycles. The molecule has 0 spiro atoms. The predicted molar refractivity (Wildman–Crippen MR) is 120 cm³/mol. The van der Waals surface area contributed by atoms with E-state index in [1.807, 2.05) is 37.3 Å². The van der Waals surface area contributed by atoms with Gasteiger partial charge in [0.05, 0.1) is 12.8 Å². The summed E-state index contributed by atoms with van der Waals surface area (Å²) in [5.41, 5.74) is 4.66. The molecule has 162 valence electrons. The Hall–Kier alpha value is -4.20. The number of carbonyl (C=O) groups excluding carboxylic acids is 1. The lowest BCUT2D eigenvalue weighted by Gasteiger charge is -2.13. The van der Waals surface area contributed by atoms with Crippen molar-refractivity contribution in [1.82, 2.24) is 25.5 Å². The summed E-state index contributed by atoms with van der Waals surface area (Å²) in [5, 5.41) is 14.1. The number of carbonyl (C=O) groups is 1. The van der Waals surface area contributed by atoms with Gasteiger partial charge in [-0.05, 0) is 53.1 Å². The van der Waals surface area contributed by atoms with Gasteiger partial charge in [0.25, 0.3) is 0 Å². The molecule has 4 aromatic rings. The van der Waals surface area contributed by atoms with E-state index in [9.17, 15) is 4.79 Å². The molecule has 0 atom stereocenters. The second kappa shape index (κ2) is 9.74. The molecular weight excluding hydrogens is 406 g/mol. The van der Waals surface area contributed by atoms with Crippen molar-refractivity contribution in [2.75, 3.05) is 13.7 Å². The standard InChI is InChI=1S/C24H23N5O3/c1-17-7-9-18(10-8-17)11-12-25-24(30)32-21-14-19(22-5-3-4-6-23(22)31-2)13-20(15-21)29-16-26-27-28-29/h3-10,13-16H,11-12H2,1-2H3,(H,25,30). The lowest BCUT2D eigenvalue weighted by molar-refractivity contribution is 0.200. The van der Waals surface area contributed by atoms with Crippen molar-refractivity contribution >= 4 is 6.09 Å². The van der Waals surface area contributed by atoms with Gasteiger partial charge in [0.2, 0.25) is 0 Å². The van der Waals surface area contributed by atoms with Crippen LogP contribution in [0.3, 0.4) is 0 Å². The van der Waals surface area contributed by atoms with Crippen LogP contribution in [0.2, 0.25) is 0 Å². The van der Waals surface area contributed by atoms with Crippen LogP contribution in [0.15, 0.2) is 73.1 Å². The molecule has 0 saturated heterocycles. The Kier molecular flexibility index (Phi) is 6.41. The van der Waals surface area contributed by atoms with E-state index >= 15 is 0 Å². The zero-order chi connectivity index (χ0) is 22.3. The normalized spacial score (nSPS) is 10.6. The van der Waals surface area contributed by atoms with Crippen LogP contribution >= 0.6 is 0 Å². The molecule has 0 bridgehead atoms. The summed E-state index contributed by atoms with van der Waals surface area (Å²) >= 11 is 0. The Morgan fingerprint density at radius 3 is 2.62 bits per heavy atom. The summed E-state index contributed by atoms with van der Waals surface area (Å²) in [7, 11) is 1.61. The fraction of sp³-hybridized carbons (Fsp3) is 0.167. The van der Waals surface area contributed by atoms with Crippen LogP contribution in [-0.2, 0) is 6.42 Å². The Balaban J connectivity index is 1.52. The molecule has 0 fully saturated rings. The number of hydrogen-bond donors (Lipinski definition) is 1. The predicted octanol–water partition coefficient (Wildman–Crippen LogP) is 3.98. The van der Waals surface area contributed by atoms with Gasteiger partial charge < -0.3 is 14.8 Å². The highest BCUT2D eigenvalue weighted by atomic mass is 16.6. The smallest absolute Gasteiger partial charge is 0.412 e. The minimum atomic E-state index is -0.531. The average molecular weight is 429 g/mol. The van der Waals surface area contributed by atoms with E-state index in [2.05, 4.69) is 45.1 Å². The number of hydrogen-bond acceptors (Lipinski definition) is 6. The summed E-state index contributed by atoms with van der Waals surface area (Å²) in [6, 6.07) is 21.2. The van der Waals surface area contributed by atoms with E-state index in [-0.39, 0.29) is 0 Å². The Morgan fingerprint density at radius 2 is 1.88 bits per heavy atom. The van der Waals surface area contributed by atoms with Gasteiger partial charge in [-0.1, -0.05) is 48.0 Å². The van der Waals surface area contributed by atoms with E-state index in [0.29, 0.717) is 30.2 Å². The lowest BCUT2D eigenvalue weighted by atomic mass is 10.0. The molecule has 0 aliphatic heterocycles. The number of ether oxygens (including phenoxy) is 2. The van der Waals surface area contributed by atoms with Crippen molar-refractivity contribution in [3.63, 3.8) is 0 Å². The summed E-state index contributed by atoms with van der Waals surface area (Å²) in [6.45, 7) is 2.51. The molecule has 8 heteroatoms. The van der Waals surface area contributed by atoms with Crippen LogP contribution in [0.25, 0.3) is 16.8 Å². The minimum Gasteiger partial charge on any atom is -0.496 e. The number of amides is 1. The molecule has 1 N–H and O–H groups in total. The van der Waals surface area contributed by atoms with Crippen molar-refractivity contribution < 1.29 is 14.3 Å². The highest BCUT2D eigenvalue weighted by molar-refractivity contribution is 5.76. The summed E-state index contributed by atoms with van der Waals surface area (Å²) < 4.78 is 12.6. The van der Waals surface area contributed by atoms with Crippen molar-refractivity contribution in [1.29, 1.82) is 0 Å². The van der Waals surface area contributed by atoms with Crippen molar-refractivity contribution in [2.45, 2.75) is 13.3 Å². The number of nitrogens with zero attached hydrogens (tertiary/aromatic N) is 4. The minimum absolute atomic E-state index is 0.367. The largest absolute Gasteiger partial charge is 0.496 e. The molecule has 4 rings (SSSR count).